The number of halogens is 3. The molecular weight excluding hydrogens is 485 g/mol. The van der Waals surface area contributed by atoms with Crippen LogP contribution < -0.4 is 4.74 Å². The summed E-state index contributed by atoms with van der Waals surface area (Å²) in [4.78, 5) is 12.7. The Morgan fingerprint density at radius 3 is 2.33 bits per heavy atom. The summed E-state index contributed by atoms with van der Waals surface area (Å²) >= 11 is 1.49. The molecule has 0 aliphatic heterocycles. The van der Waals surface area contributed by atoms with Crippen molar-refractivity contribution in [3.63, 3.8) is 0 Å². The predicted octanol–water partition coefficient (Wildman–Crippen LogP) is 8.12. The molecule has 0 aliphatic carbocycles. The van der Waals surface area contributed by atoms with Crippen LogP contribution in [0.2, 0.25) is 0 Å². The largest absolute Gasteiger partial charge is 0.485 e. The van der Waals surface area contributed by atoms with Crippen molar-refractivity contribution in [2.24, 2.45) is 0 Å². The van der Waals surface area contributed by atoms with Gasteiger partial charge in [-0.25, -0.2) is 0 Å². The zero-order chi connectivity index (χ0) is 25.7. The summed E-state index contributed by atoms with van der Waals surface area (Å²) in [5.41, 5.74) is 3.07. The molecule has 0 amide bonds. The number of carboxylic acids is 1. The van der Waals surface area contributed by atoms with Crippen LogP contribution in [0.3, 0.4) is 0 Å². The van der Waals surface area contributed by atoms with Crippen LogP contribution >= 0.6 is 11.3 Å². The topological polar surface area (TPSA) is 46.5 Å². The number of carboxylic acid groups (broad SMARTS) is 1. The number of hydrogen-bond donors (Lipinski definition) is 1. The van der Waals surface area contributed by atoms with E-state index in [1.807, 2.05) is 67.6 Å². The predicted molar refractivity (Wildman–Crippen MR) is 135 cm³/mol. The van der Waals surface area contributed by atoms with Crippen LogP contribution in [0.5, 0.6) is 5.75 Å². The number of ether oxygens (including phenoxy) is 1. The van der Waals surface area contributed by atoms with Gasteiger partial charge in [-0.15, -0.1) is 11.3 Å². The highest BCUT2D eigenvalue weighted by molar-refractivity contribution is 7.15. The van der Waals surface area contributed by atoms with Gasteiger partial charge in [-0.05, 0) is 72.0 Å². The van der Waals surface area contributed by atoms with Gasteiger partial charge in [0, 0.05) is 22.6 Å². The number of carbonyl (C=O) groups is 1. The van der Waals surface area contributed by atoms with Gasteiger partial charge >= 0.3 is 12.1 Å². The van der Waals surface area contributed by atoms with Gasteiger partial charge < -0.3 is 9.84 Å². The molecule has 4 aromatic rings. The Morgan fingerprint density at radius 1 is 0.972 bits per heavy atom. The molecule has 0 spiro atoms. The Balaban J connectivity index is 1.58. The number of benzene rings is 3. The molecule has 0 fully saturated rings. The van der Waals surface area contributed by atoms with Crippen molar-refractivity contribution in [3.05, 3.63) is 112 Å². The molecule has 1 aromatic heterocycles. The number of thiophene rings is 1. The summed E-state index contributed by atoms with van der Waals surface area (Å²) in [6.07, 6.45) is -3.52. The van der Waals surface area contributed by atoms with Crippen molar-refractivity contribution in [2.75, 3.05) is 0 Å². The van der Waals surface area contributed by atoms with E-state index in [-0.39, 0.29) is 12.5 Å². The summed E-state index contributed by atoms with van der Waals surface area (Å²) in [7, 11) is 0. The van der Waals surface area contributed by atoms with Crippen LogP contribution in [0, 0.1) is 6.92 Å². The molecular formula is C29H25F3O3S. The average Bonchev–Trinajstić information content (AvgIpc) is 3.34. The van der Waals surface area contributed by atoms with Crippen LogP contribution in [0.15, 0.2) is 84.9 Å². The highest BCUT2D eigenvalue weighted by Crippen LogP contribution is 2.37. The van der Waals surface area contributed by atoms with E-state index in [0.717, 1.165) is 44.1 Å². The van der Waals surface area contributed by atoms with E-state index < -0.39 is 17.7 Å². The van der Waals surface area contributed by atoms with E-state index in [1.165, 1.54) is 23.5 Å². The minimum atomic E-state index is -4.37. The van der Waals surface area contributed by atoms with Crippen LogP contribution in [0.4, 0.5) is 13.2 Å². The second-order valence-electron chi connectivity index (χ2n) is 8.56. The van der Waals surface area contributed by atoms with Crippen molar-refractivity contribution in [1.82, 2.24) is 0 Å². The van der Waals surface area contributed by atoms with Gasteiger partial charge in [0.25, 0.3) is 0 Å². The SMILES string of the molecule is Cc1cc(OC(Cc2ccccc2)c2ccc(-c3ccc(C(F)(F)F)cc3)s2)ccc1CCC(=O)O. The van der Waals surface area contributed by atoms with Crippen LogP contribution in [-0.2, 0) is 23.8 Å². The fourth-order valence-electron chi connectivity index (χ4n) is 3.96. The minimum Gasteiger partial charge on any atom is -0.485 e. The van der Waals surface area contributed by atoms with Crippen LogP contribution in [0.1, 0.15) is 39.7 Å². The second-order valence-corrected chi connectivity index (χ2v) is 9.67. The normalized spacial score (nSPS) is 12.3. The Bertz CT molecular complexity index is 1310. The molecule has 1 atom stereocenters. The summed E-state index contributed by atoms with van der Waals surface area (Å²) in [5.74, 6) is -0.156. The summed E-state index contributed by atoms with van der Waals surface area (Å²) in [5, 5.41) is 8.97. The highest BCUT2D eigenvalue weighted by atomic mass is 32.1. The molecule has 3 nitrogen and oxygen atoms in total. The number of alkyl halides is 3. The molecule has 0 aliphatic rings. The molecule has 7 heteroatoms. The molecule has 186 valence electrons. The first-order valence-corrected chi connectivity index (χ1v) is 12.3. The van der Waals surface area contributed by atoms with E-state index >= 15 is 0 Å². The van der Waals surface area contributed by atoms with Gasteiger partial charge in [-0.3, -0.25) is 4.79 Å². The van der Waals surface area contributed by atoms with Gasteiger partial charge in [-0.1, -0.05) is 48.5 Å². The van der Waals surface area contributed by atoms with Gasteiger partial charge in [0.15, 0.2) is 0 Å². The molecule has 1 N–H and O–H groups in total. The number of hydrogen-bond acceptors (Lipinski definition) is 3. The van der Waals surface area contributed by atoms with Crippen molar-refractivity contribution >= 4 is 17.3 Å². The van der Waals surface area contributed by atoms with Gasteiger partial charge in [0.05, 0.1) is 5.56 Å². The first-order chi connectivity index (χ1) is 17.2. The molecule has 1 unspecified atom stereocenters. The van der Waals surface area contributed by atoms with Crippen LogP contribution in [-0.4, -0.2) is 11.1 Å². The summed E-state index contributed by atoms with van der Waals surface area (Å²) in [6.45, 7) is 1.93. The maximum Gasteiger partial charge on any atom is 0.416 e. The van der Waals surface area contributed by atoms with Crippen LogP contribution in [0.25, 0.3) is 10.4 Å². The third-order valence-electron chi connectivity index (χ3n) is 5.91. The number of aryl methyl sites for hydroxylation is 2. The molecule has 3 aromatic carbocycles. The molecule has 0 radical (unpaired) electrons. The first-order valence-electron chi connectivity index (χ1n) is 11.5. The fourth-order valence-corrected chi connectivity index (χ4v) is 5.00. The standard InChI is InChI=1S/C29H25F3O3S/c1-19-17-24(13-9-21(19)10-16-28(33)34)35-25(18-20-5-3-2-4-6-20)27-15-14-26(36-27)22-7-11-23(12-8-22)29(30,31)32/h2-9,11-15,17,25H,10,16,18H2,1H3,(H,33,34). The molecule has 36 heavy (non-hydrogen) atoms. The fraction of sp³-hybridized carbons (Fsp3) is 0.207. The van der Waals surface area contributed by atoms with Gasteiger partial charge in [0.2, 0.25) is 0 Å². The Kier molecular flexibility index (Phi) is 7.79. The van der Waals surface area contributed by atoms with E-state index in [1.54, 1.807) is 0 Å². The summed E-state index contributed by atoms with van der Waals surface area (Å²) in [6, 6.07) is 24.7. The van der Waals surface area contributed by atoms with E-state index in [2.05, 4.69) is 0 Å². The molecule has 0 bridgehead atoms. The minimum absolute atomic E-state index is 0.0690. The van der Waals surface area contributed by atoms with E-state index in [0.29, 0.717) is 18.6 Å². The van der Waals surface area contributed by atoms with Crippen molar-refractivity contribution < 1.29 is 27.8 Å². The third kappa shape index (κ3) is 6.55. The summed E-state index contributed by atoms with van der Waals surface area (Å²) < 4.78 is 45.2. The third-order valence-corrected chi connectivity index (χ3v) is 7.13. The molecule has 1 heterocycles. The average molecular weight is 511 g/mol. The molecule has 0 saturated carbocycles. The zero-order valence-electron chi connectivity index (χ0n) is 19.6. The Morgan fingerprint density at radius 2 is 1.69 bits per heavy atom. The maximum atomic E-state index is 12.9. The molecule has 0 saturated heterocycles. The smallest absolute Gasteiger partial charge is 0.416 e. The van der Waals surface area contributed by atoms with Crippen molar-refractivity contribution in [2.45, 2.75) is 38.5 Å². The lowest BCUT2D eigenvalue weighted by Crippen LogP contribution is -2.10. The number of aliphatic carboxylic acids is 1. The lowest BCUT2D eigenvalue weighted by atomic mass is 10.0. The number of rotatable bonds is 9. The molecule has 4 rings (SSSR count). The Hall–Kier alpha value is -3.58. The monoisotopic (exact) mass is 510 g/mol. The quantitative estimate of drug-likeness (QED) is 0.247. The second kappa shape index (κ2) is 11.0. The van der Waals surface area contributed by atoms with E-state index in [9.17, 15) is 18.0 Å². The van der Waals surface area contributed by atoms with Gasteiger partial charge in [0.1, 0.15) is 11.9 Å². The Labute approximate surface area is 211 Å². The zero-order valence-corrected chi connectivity index (χ0v) is 20.4. The maximum absolute atomic E-state index is 12.9. The highest BCUT2D eigenvalue weighted by Gasteiger charge is 2.30. The van der Waals surface area contributed by atoms with Gasteiger partial charge in [-0.2, -0.15) is 13.2 Å². The van der Waals surface area contributed by atoms with Crippen molar-refractivity contribution in [1.29, 1.82) is 0 Å². The van der Waals surface area contributed by atoms with E-state index in [4.69, 9.17) is 9.84 Å². The first kappa shape index (κ1) is 25.5. The van der Waals surface area contributed by atoms with Crippen molar-refractivity contribution in [3.8, 4) is 16.2 Å². The lowest BCUT2D eigenvalue weighted by Gasteiger charge is -2.19. The lowest BCUT2D eigenvalue weighted by molar-refractivity contribution is -0.138.